The number of likely N-dealkylation sites (tertiary alicyclic amines) is 1. The molecule has 114 valence electrons. The van der Waals surface area contributed by atoms with Crippen LogP contribution in [0.15, 0.2) is 0 Å². The van der Waals surface area contributed by atoms with E-state index in [1.165, 1.54) is 6.42 Å². The van der Waals surface area contributed by atoms with Crippen LogP contribution in [0, 0.1) is 0 Å². The highest BCUT2D eigenvalue weighted by Crippen LogP contribution is 2.32. The standard InChI is InChI=1S/C14H24N2O3S/c1-3-6-11-7-4-5-8-15(11)14(19)16-10(2)20-9-12(16)13(17)18/h10-12H,3-9H2,1-2H3,(H,17,18). The van der Waals surface area contributed by atoms with Gasteiger partial charge in [-0.15, -0.1) is 11.8 Å². The van der Waals surface area contributed by atoms with Crippen molar-refractivity contribution in [1.29, 1.82) is 0 Å². The molecule has 0 bridgehead atoms. The summed E-state index contributed by atoms with van der Waals surface area (Å²) in [6.45, 7) is 4.82. The number of thioether (sulfide) groups is 1. The number of urea groups is 1. The summed E-state index contributed by atoms with van der Waals surface area (Å²) in [5.41, 5.74) is 0. The van der Waals surface area contributed by atoms with Gasteiger partial charge in [-0.1, -0.05) is 13.3 Å². The fourth-order valence-corrected chi connectivity index (χ4v) is 4.32. The molecule has 0 aromatic carbocycles. The first-order chi connectivity index (χ1) is 9.56. The highest BCUT2D eigenvalue weighted by atomic mass is 32.2. The number of hydrogen-bond acceptors (Lipinski definition) is 3. The smallest absolute Gasteiger partial charge is 0.327 e. The molecule has 0 saturated carbocycles. The summed E-state index contributed by atoms with van der Waals surface area (Å²) in [6, 6.07) is -0.465. The summed E-state index contributed by atoms with van der Waals surface area (Å²) in [6.07, 6.45) is 5.31. The second-order valence-corrected chi connectivity index (χ2v) is 6.96. The minimum absolute atomic E-state index is 0.0483. The minimum atomic E-state index is -0.890. The number of aliphatic carboxylic acids is 1. The number of carboxylic acid groups (broad SMARTS) is 1. The third-order valence-electron chi connectivity index (χ3n) is 4.22. The Labute approximate surface area is 124 Å². The van der Waals surface area contributed by atoms with E-state index in [2.05, 4.69) is 6.92 Å². The first kappa shape index (κ1) is 15.5. The van der Waals surface area contributed by atoms with Crippen LogP contribution in [-0.4, -0.2) is 56.7 Å². The summed E-state index contributed by atoms with van der Waals surface area (Å²) in [7, 11) is 0. The zero-order valence-corrected chi connectivity index (χ0v) is 13.1. The Bertz CT molecular complexity index is 375. The van der Waals surface area contributed by atoms with Gasteiger partial charge in [0.25, 0.3) is 0 Å². The van der Waals surface area contributed by atoms with E-state index in [1.54, 1.807) is 16.7 Å². The van der Waals surface area contributed by atoms with E-state index in [0.717, 1.165) is 32.2 Å². The number of carbonyl (C=O) groups is 2. The summed E-state index contributed by atoms with van der Waals surface area (Å²) < 4.78 is 0. The zero-order chi connectivity index (χ0) is 14.7. The van der Waals surface area contributed by atoms with Crippen LogP contribution >= 0.6 is 11.8 Å². The van der Waals surface area contributed by atoms with Gasteiger partial charge in [0, 0.05) is 18.3 Å². The van der Waals surface area contributed by atoms with Crippen LogP contribution in [0.3, 0.4) is 0 Å². The predicted molar refractivity (Wildman–Crippen MR) is 79.8 cm³/mol. The Morgan fingerprint density at radius 2 is 2.10 bits per heavy atom. The molecule has 0 aromatic heterocycles. The molecule has 5 nitrogen and oxygen atoms in total. The van der Waals surface area contributed by atoms with E-state index in [-0.39, 0.29) is 17.4 Å². The summed E-state index contributed by atoms with van der Waals surface area (Å²) in [5.74, 6) is -0.395. The summed E-state index contributed by atoms with van der Waals surface area (Å²) >= 11 is 1.55. The highest BCUT2D eigenvalue weighted by Gasteiger charge is 2.42. The van der Waals surface area contributed by atoms with Gasteiger partial charge < -0.3 is 10.0 Å². The van der Waals surface area contributed by atoms with Crippen molar-refractivity contribution < 1.29 is 14.7 Å². The van der Waals surface area contributed by atoms with Crippen LogP contribution in [0.2, 0.25) is 0 Å². The molecule has 0 aliphatic carbocycles. The van der Waals surface area contributed by atoms with Crippen molar-refractivity contribution in [3.05, 3.63) is 0 Å². The normalized spacial score (nSPS) is 30.6. The fourth-order valence-electron chi connectivity index (χ4n) is 3.16. The highest BCUT2D eigenvalue weighted by molar-refractivity contribution is 8.00. The molecular weight excluding hydrogens is 276 g/mol. The number of rotatable bonds is 3. The molecule has 1 N–H and O–H groups in total. The lowest BCUT2D eigenvalue weighted by Gasteiger charge is -2.40. The van der Waals surface area contributed by atoms with Crippen molar-refractivity contribution in [3.8, 4) is 0 Å². The Kier molecular flexibility index (Phi) is 5.18. The third kappa shape index (κ3) is 3.05. The topological polar surface area (TPSA) is 60.9 Å². The maximum atomic E-state index is 12.8. The van der Waals surface area contributed by atoms with Crippen LogP contribution in [0.5, 0.6) is 0 Å². The Hall–Kier alpha value is -0.910. The Morgan fingerprint density at radius 1 is 1.35 bits per heavy atom. The van der Waals surface area contributed by atoms with Crippen molar-refractivity contribution >= 4 is 23.8 Å². The third-order valence-corrected chi connectivity index (χ3v) is 5.44. The van der Waals surface area contributed by atoms with Gasteiger partial charge in [-0.2, -0.15) is 0 Å². The number of nitrogens with zero attached hydrogens (tertiary/aromatic N) is 2. The molecule has 0 radical (unpaired) electrons. The SMILES string of the molecule is CCCC1CCCCN1C(=O)N1C(C)SCC1C(=O)O. The molecule has 2 amide bonds. The maximum absolute atomic E-state index is 12.8. The van der Waals surface area contributed by atoms with E-state index in [9.17, 15) is 14.7 Å². The number of piperidine rings is 1. The average Bonchev–Trinajstić information content (AvgIpc) is 2.81. The van der Waals surface area contributed by atoms with Crippen molar-refractivity contribution in [2.24, 2.45) is 0 Å². The van der Waals surface area contributed by atoms with Crippen molar-refractivity contribution in [1.82, 2.24) is 9.80 Å². The molecule has 3 atom stereocenters. The molecule has 2 rings (SSSR count). The molecule has 0 aromatic rings. The number of hydrogen-bond donors (Lipinski definition) is 1. The van der Waals surface area contributed by atoms with E-state index in [4.69, 9.17) is 0 Å². The van der Waals surface area contributed by atoms with Crippen LogP contribution in [-0.2, 0) is 4.79 Å². The second kappa shape index (κ2) is 6.70. The molecule has 2 saturated heterocycles. The van der Waals surface area contributed by atoms with Gasteiger partial charge in [0.05, 0.1) is 5.37 Å². The molecule has 2 heterocycles. The molecule has 6 heteroatoms. The molecule has 3 unspecified atom stereocenters. The number of carboxylic acids is 1. The average molecular weight is 300 g/mol. The van der Waals surface area contributed by atoms with Crippen molar-refractivity contribution in [2.75, 3.05) is 12.3 Å². The predicted octanol–water partition coefficient (Wildman–Crippen LogP) is 2.61. The largest absolute Gasteiger partial charge is 0.480 e. The number of carbonyl (C=O) groups excluding carboxylic acids is 1. The van der Waals surface area contributed by atoms with Gasteiger partial charge in [-0.25, -0.2) is 9.59 Å². The van der Waals surface area contributed by atoms with Crippen LogP contribution in [0.25, 0.3) is 0 Å². The first-order valence-corrected chi connectivity index (χ1v) is 8.54. The van der Waals surface area contributed by atoms with Gasteiger partial charge in [-0.3, -0.25) is 4.90 Å². The Balaban J connectivity index is 2.13. The van der Waals surface area contributed by atoms with Gasteiger partial charge in [0.15, 0.2) is 0 Å². The van der Waals surface area contributed by atoms with E-state index in [1.807, 2.05) is 11.8 Å². The van der Waals surface area contributed by atoms with Gasteiger partial charge in [0.1, 0.15) is 6.04 Å². The van der Waals surface area contributed by atoms with Gasteiger partial charge in [0.2, 0.25) is 0 Å². The molecule has 2 fully saturated rings. The van der Waals surface area contributed by atoms with E-state index in [0.29, 0.717) is 5.75 Å². The van der Waals surface area contributed by atoms with Gasteiger partial charge >= 0.3 is 12.0 Å². The maximum Gasteiger partial charge on any atom is 0.327 e. The fraction of sp³-hybridized carbons (Fsp3) is 0.857. The van der Waals surface area contributed by atoms with Crippen LogP contribution < -0.4 is 0 Å². The van der Waals surface area contributed by atoms with E-state index >= 15 is 0 Å². The molecule has 2 aliphatic heterocycles. The zero-order valence-electron chi connectivity index (χ0n) is 12.2. The van der Waals surface area contributed by atoms with Gasteiger partial charge in [-0.05, 0) is 32.6 Å². The molecular formula is C14H24N2O3S. The Morgan fingerprint density at radius 3 is 2.75 bits per heavy atom. The lowest BCUT2D eigenvalue weighted by Crippen LogP contribution is -2.55. The monoisotopic (exact) mass is 300 g/mol. The minimum Gasteiger partial charge on any atom is -0.480 e. The molecule has 20 heavy (non-hydrogen) atoms. The second-order valence-electron chi connectivity index (χ2n) is 5.61. The van der Waals surface area contributed by atoms with Crippen molar-refractivity contribution in [2.45, 2.75) is 63.4 Å². The first-order valence-electron chi connectivity index (χ1n) is 7.49. The molecule has 0 spiro atoms. The quantitative estimate of drug-likeness (QED) is 0.870. The number of amides is 2. The molecule has 2 aliphatic rings. The van der Waals surface area contributed by atoms with Crippen molar-refractivity contribution in [3.63, 3.8) is 0 Å². The van der Waals surface area contributed by atoms with Crippen LogP contribution in [0.4, 0.5) is 4.79 Å². The summed E-state index contributed by atoms with van der Waals surface area (Å²) in [5, 5.41) is 9.24. The lowest BCUT2D eigenvalue weighted by molar-refractivity contribution is -0.141. The summed E-state index contributed by atoms with van der Waals surface area (Å²) in [4.78, 5) is 27.6. The van der Waals surface area contributed by atoms with E-state index < -0.39 is 12.0 Å². The lowest BCUT2D eigenvalue weighted by atomic mass is 9.98. The van der Waals surface area contributed by atoms with Crippen LogP contribution in [0.1, 0.15) is 46.0 Å².